The number of methoxy groups -OCH3 is 1. The van der Waals surface area contributed by atoms with Crippen LogP contribution in [0, 0.1) is 10.7 Å². The van der Waals surface area contributed by atoms with Crippen LogP contribution in [-0.2, 0) is 24.8 Å². The summed E-state index contributed by atoms with van der Waals surface area (Å²) in [5, 5.41) is 4.29. The highest BCUT2D eigenvalue weighted by molar-refractivity contribution is 6.06. The highest BCUT2D eigenvalue weighted by atomic mass is 19.1. The molecule has 36 heavy (non-hydrogen) atoms. The van der Waals surface area contributed by atoms with E-state index in [1.807, 2.05) is 6.08 Å². The molecule has 0 aromatic heterocycles. The van der Waals surface area contributed by atoms with Crippen molar-refractivity contribution in [3.05, 3.63) is 63.8 Å². The number of ether oxygens (including phenoxy) is 4. The van der Waals surface area contributed by atoms with E-state index in [-0.39, 0.29) is 20.1 Å². The average molecular weight is 498 g/mol. The molecular formula is C25H25FN3O7+. The van der Waals surface area contributed by atoms with Gasteiger partial charge in [-0.2, -0.15) is 0 Å². The van der Waals surface area contributed by atoms with Crippen molar-refractivity contribution in [3.8, 4) is 11.5 Å². The number of halogens is 1. The summed E-state index contributed by atoms with van der Waals surface area (Å²) >= 11 is 0. The number of amidine groups is 1. The van der Waals surface area contributed by atoms with E-state index in [1.165, 1.54) is 31.4 Å². The first kappa shape index (κ1) is 23.7. The SMILES string of the molecule is CCOC(=O)C1(c2ccc(F)cc2)ON=C2C(=Cc3ccc([N+](=O)COC)c4c3OCO4)CCCN21. The number of hydrogen-bond acceptors (Lipinski definition) is 9. The Morgan fingerprint density at radius 3 is 2.75 bits per heavy atom. The third-order valence-electron chi connectivity index (χ3n) is 6.18. The second-order valence-corrected chi connectivity index (χ2v) is 8.34. The molecule has 3 aliphatic rings. The molecule has 1 fully saturated rings. The molecule has 1 atom stereocenters. The molecule has 0 saturated carbocycles. The van der Waals surface area contributed by atoms with Crippen LogP contribution >= 0.6 is 0 Å². The summed E-state index contributed by atoms with van der Waals surface area (Å²) in [6.45, 7) is 2.16. The first-order valence-corrected chi connectivity index (χ1v) is 11.5. The topological polar surface area (TPSA) is 98.9 Å². The van der Waals surface area contributed by atoms with Gasteiger partial charge in [0.1, 0.15) is 5.82 Å². The lowest BCUT2D eigenvalue weighted by molar-refractivity contribution is -0.508. The minimum Gasteiger partial charge on any atom is -0.461 e. The van der Waals surface area contributed by atoms with Crippen LogP contribution in [-0.4, -0.2) is 55.3 Å². The second kappa shape index (κ2) is 9.57. The molecule has 188 valence electrons. The quantitative estimate of drug-likeness (QED) is 0.323. The number of benzene rings is 2. The number of hydrogen-bond donors (Lipinski definition) is 0. The standard InChI is InChI=1S/C25H25FN3O7/c1-3-33-24(30)25(18-7-9-19(26)10-8-18)28-12-4-5-17(23(28)27-36-25)13-16-6-11-20(29(31)14-32-2)22-21(16)34-15-35-22/h6-11,13H,3-5,12,14-15H2,1-2H3/q+1. The lowest BCUT2D eigenvalue weighted by atomic mass is 9.94. The molecule has 1 unspecified atom stereocenters. The van der Waals surface area contributed by atoms with Crippen LogP contribution in [0.1, 0.15) is 30.9 Å². The summed E-state index contributed by atoms with van der Waals surface area (Å²) in [6.07, 6.45) is 3.25. The van der Waals surface area contributed by atoms with E-state index >= 15 is 0 Å². The van der Waals surface area contributed by atoms with E-state index in [0.29, 0.717) is 58.3 Å². The molecule has 2 aromatic carbocycles. The van der Waals surface area contributed by atoms with Gasteiger partial charge in [-0.05, 0) is 61.7 Å². The number of fused-ring (bicyclic) bond motifs is 2. The van der Waals surface area contributed by atoms with Gasteiger partial charge < -0.3 is 28.7 Å². The monoisotopic (exact) mass is 498 g/mol. The molecule has 0 amide bonds. The molecule has 0 radical (unpaired) electrons. The maximum Gasteiger partial charge on any atom is 0.380 e. The Kier molecular flexibility index (Phi) is 6.31. The van der Waals surface area contributed by atoms with Gasteiger partial charge in [0.25, 0.3) is 0 Å². The molecule has 3 heterocycles. The largest absolute Gasteiger partial charge is 0.461 e. The summed E-state index contributed by atoms with van der Waals surface area (Å²) in [6, 6.07) is 8.92. The second-order valence-electron chi connectivity index (χ2n) is 8.34. The number of carbonyl (C=O) groups is 1. The molecule has 0 bridgehead atoms. The average Bonchev–Trinajstić information content (AvgIpc) is 3.52. The van der Waals surface area contributed by atoms with Crippen LogP contribution in [0.25, 0.3) is 6.08 Å². The van der Waals surface area contributed by atoms with Crippen molar-refractivity contribution in [1.29, 1.82) is 0 Å². The minimum atomic E-state index is -1.66. The highest BCUT2D eigenvalue weighted by Crippen LogP contribution is 2.46. The Labute approximate surface area is 206 Å². The van der Waals surface area contributed by atoms with Gasteiger partial charge in [-0.3, -0.25) is 0 Å². The Morgan fingerprint density at radius 1 is 1.22 bits per heavy atom. The molecular weight excluding hydrogens is 473 g/mol. The Balaban J connectivity index is 1.53. The number of oxime groups is 1. The van der Waals surface area contributed by atoms with Crippen molar-refractivity contribution in [3.63, 3.8) is 0 Å². The van der Waals surface area contributed by atoms with Crippen molar-refractivity contribution >= 4 is 23.6 Å². The fourth-order valence-corrected chi connectivity index (χ4v) is 4.59. The number of nitrogens with zero attached hydrogens (tertiary/aromatic N) is 3. The van der Waals surface area contributed by atoms with E-state index in [1.54, 1.807) is 24.0 Å². The van der Waals surface area contributed by atoms with E-state index < -0.39 is 17.5 Å². The third-order valence-corrected chi connectivity index (χ3v) is 6.18. The van der Waals surface area contributed by atoms with Crippen LogP contribution in [0.4, 0.5) is 10.1 Å². The molecule has 1 saturated heterocycles. The van der Waals surface area contributed by atoms with Gasteiger partial charge in [-0.1, -0.05) is 5.16 Å². The summed E-state index contributed by atoms with van der Waals surface area (Å²) in [7, 11) is 1.43. The normalized spacial score (nSPS) is 21.1. The van der Waals surface area contributed by atoms with Gasteiger partial charge in [-0.15, -0.1) is 0 Å². The third kappa shape index (κ3) is 3.85. The number of piperidine rings is 1. The molecule has 11 heteroatoms. The van der Waals surface area contributed by atoms with Crippen LogP contribution in [0.2, 0.25) is 0 Å². The molecule has 3 aliphatic heterocycles. The van der Waals surface area contributed by atoms with Crippen molar-refractivity contribution in [2.75, 3.05) is 33.8 Å². The highest BCUT2D eigenvalue weighted by Gasteiger charge is 2.57. The van der Waals surface area contributed by atoms with Gasteiger partial charge in [0, 0.05) is 35.8 Å². The first-order chi connectivity index (χ1) is 17.5. The van der Waals surface area contributed by atoms with Crippen LogP contribution in [0.15, 0.2) is 47.1 Å². The van der Waals surface area contributed by atoms with Crippen LogP contribution in [0.5, 0.6) is 11.5 Å². The lowest BCUT2D eigenvalue weighted by Gasteiger charge is -2.37. The number of nitroso groups, excluding NO2 is 1. The lowest BCUT2D eigenvalue weighted by Crippen LogP contribution is -2.54. The summed E-state index contributed by atoms with van der Waals surface area (Å²) in [4.78, 5) is 33.1. The molecule has 10 nitrogen and oxygen atoms in total. The minimum absolute atomic E-state index is 0.0178. The molecule has 0 aliphatic carbocycles. The predicted octanol–water partition coefficient (Wildman–Crippen LogP) is 3.81. The van der Waals surface area contributed by atoms with Crippen molar-refractivity contribution in [2.24, 2.45) is 5.16 Å². The van der Waals surface area contributed by atoms with Crippen molar-refractivity contribution in [2.45, 2.75) is 25.5 Å². The van der Waals surface area contributed by atoms with Gasteiger partial charge in [-0.25, -0.2) is 9.18 Å². The van der Waals surface area contributed by atoms with Gasteiger partial charge in [0.15, 0.2) is 11.6 Å². The zero-order valence-electron chi connectivity index (χ0n) is 19.9. The molecule has 5 rings (SSSR count). The van der Waals surface area contributed by atoms with Crippen LogP contribution in [0.3, 0.4) is 0 Å². The predicted molar refractivity (Wildman–Crippen MR) is 125 cm³/mol. The number of carbonyl (C=O) groups excluding carboxylic acids is 1. The zero-order chi connectivity index (χ0) is 25.3. The van der Waals surface area contributed by atoms with Gasteiger partial charge in [0.05, 0.1) is 11.4 Å². The maximum atomic E-state index is 13.7. The Hall–Kier alpha value is -3.99. The van der Waals surface area contributed by atoms with Gasteiger partial charge >= 0.3 is 24.1 Å². The number of rotatable bonds is 7. The van der Waals surface area contributed by atoms with Crippen molar-refractivity contribution in [1.82, 2.24) is 4.90 Å². The summed E-state index contributed by atoms with van der Waals surface area (Å²) in [5.74, 6) is 0.176. The zero-order valence-corrected chi connectivity index (χ0v) is 19.9. The van der Waals surface area contributed by atoms with Crippen molar-refractivity contribution < 1.29 is 37.7 Å². The van der Waals surface area contributed by atoms with E-state index in [2.05, 4.69) is 5.16 Å². The fourth-order valence-electron chi connectivity index (χ4n) is 4.59. The first-order valence-electron chi connectivity index (χ1n) is 11.5. The summed E-state index contributed by atoms with van der Waals surface area (Å²) in [5.41, 5.74) is 0.546. The Morgan fingerprint density at radius 2 is 2.00 bits per heavy atom. The van der Waals surface area contributed by atoms with Crippen LogP contribution < -0.4 is 9.47 Å². The fraction of sp³-hybridized carbons (Fsp3) is 0.360. The molecule has 0 spiro atoms. The Bertz CT molecular complexity index is 1260. The van der Waals surface area contributed by atoms with Gasteiger partial charge in [0.2, 0.25) is 12.5 Å². The number of esters is 1. The molecule has 0 N–H and O–H groups in total. The summed E-state index contributed by atoms with van der Waals surface area (Å²) < 4.78 is 35.9. The van der Waals surface area contributed by atoms with E-state index in [4.69, 9.17) is 23.8 Å². The smallest absolute Gasteiger partial charge is 0.380 e. The van der Waals surface area contributed by atoms with E-state index in [0.717, 1.165) is 5.57 Å². The van der Waals surface area contributed by atoms with E-state index in [9.17, 15) is 14.1 Å². The maximum absolute atomic E-state index is 13.7. The molecule has 2 aromatic rings.